The maximum Gasteiger partial charge on any atom is 0.123 e. The van der Waals surface area contributed by atoms with Gasteiger partial charge in [-0.15, -0.1) is 0 Å². The molecule has 2 rings (SSSR count). The lowest BCUT2D eigenvalue weighted by Crippen LogP contribution is -2.34. The predicted octanol–water partition coefficient (Wildman–Crippen LogP) is 3.28. The van der Waals surface area contributed by atoms with Crippen LogP contribution in [-0.4, -0.2) is 6.54 Å². The molecule has 0 amide bonds. The van der Waals surface area contributed by atoms with Crippen molar-refractivity contribution < 1.29 is 4.39 Å². The van der Waals surface area contributed by atoms with Crippen LogP contribution in [0.1, 0.15) is 37.7 Å². The third-order valence-corrected chi connectivity index (χ3v) is 3.82. The molecule has 1 saturated carbocycles. The van der Waals surface area contributed by atoms with Crippen LogP contribution >= 0.6 is 0 Å². The van der Waals surface area contributed by atoms with Crippen molar-refractivity contribution in [2.75, 3.05) is 6.54 Å². The molecule has 0 aliphatic heterocycles. The zero-order valence-corrected chi connectivity index (χ0v) is 9.71. The van der Waals surface area contributed by atoms with Crippen molar-refractivity contribution in [2.24, 2.45) is 11.1 Å². The Balaban J connectivity index is 2.11. The van der Waals surface area contributed by atoms with Gasteiger partial charge in [-0.1, -0.05) is 31.4 Å². The maximum absolute atomic E-state index is 13.1. The highest BCUT2D eigenvalue weighted by molar-refractivity contribution is 5.18. The molecule has 16 heavy (non-hydrogen) atoms. The molecule has 88 valence electrons. The smallest absolute Gasteiger partial charge is 0.123 e. The molecular weight excluding hydrogens is 201 g/mol. The van der Waals surface area contributed by atoms with Gasteiger partial charge in [-0.05, 0) is 48.9 Å². The van der Waals surface area contributed by atoms with Gasteiger partial charge in [-0.25, -0.2) is 4.39 Å². The van der Waals surface area contributed by atoms with E-state index in [1.54, 1.807) is 12.1 Å². The molecule has 2 heteroatoms. The van der Waals surface area contributed by atoms with Gasteiger partial charge in [0.05, 0.1) is 0 Å². The zero-order valence-electron chi connectivity index (χ0n) is 9.71. The van der Waals surface area contributed by atoms with Gasteiger partial charge in [-0.2, -0.15) is 0 Å². The Morgan fingerprint density at radius 1 is 1.19 bits per heavy atom. The van der Waals surface area contributed by atoms with Gasteiger partial charge in [0.1, 0.15) is 5.82 Å². The minimum atomic E-state index is -0.138. The Bertz CT molecular complexity index is 342. The fourth-order valence-electron chi connectivity index (χ4n) is 2.83. The van der Waals surface area contributed by atoms with E-state index in [4.69, 9.17) is 5.73 Å². The third kappa shape index (κ3) is 2.62. The van der Waals surface area contributed by atoms with Crippen LogP contribution in [0.5, 0.6) is 0 Å². The molecule has 0 radical (unpaired) electrons. The van der Waals surface area contributed by atoms with E-state index in [1.165, 1.54) is 38.2 Å². The summed E-state index contributed by atoms with van der Waals surface area (Å²) in [6, 6.07) is 6.94. The van der Waals surface area contributed by atoms with Crippen molar-refractivity contribution in [1.82, 2.24) is 0 Å². The standard InChI is InChI=1S/C14H20FN/c15-13-6-4-5-12(9-13)10-14(11-16)7-2-1-3-8-14/h4-6,9H,1-3,7-8,10-11,16H2. The summed E-state index contributed by atoms with van der Waals surface area (Å²) in [5.41, 5.74) is 7.25. The molecule has 0 aromatic heterocycles. The number of rotatable bonds is 3. The highest BCUT2D eigenvalue weighted by Gasteiger charge is 2.30. The SMILES string of the molecule is NCC1(Cc2cccc(F)c2)CCCCC1. The number of halogens is 1. The quantitative estimate of drug-likeness (QED) is 0.832. The van der Waals surface area contributed by atoms with Gasteiger partial charge in [0.15, 0.2) is 0 Å². The molecule has 2 N–H and O–H groups in total. The van der Waals surface area contributed by atoms with Crippen LogP contribution in [0, 0.1) is 11.2 Å². The Morgan fingerprint density at radius 3 is 2.56 bits per heavy atom. The predicted molar refractivity (Wildman–Crippen MR) is 64.7 cm³/mol. The molecule has 0 unspecified atom stereocenters. The minimum Gasteiger partial charge on any atom is -0.330 e. The molecule has 1 aromatic carbocycles. The Labute approximate surface area is 96.9 Å². The van der Waals surface area contributed by atoms with E-state index in [-0.39, 0.29) is 11.2 Å². The van der Waals surface area contributed by atoms with E-state index >= 15 is 0 Å². The topological polar surface area (TPSA) is 26.0 Å². The van der Waals surface area contributed by atoms with Gasteiger partial charge in [-0.3, -0.25) is 0 Å². The summed E-state index contributed by atoms with van der Waals surface area (Å²) in [5.74, 6) is -0.138. The van der Waals surface area contributed by atoms with Gasteiger partial charge >= 0.3 is 0 Å². The lowest BCUT2D eigenvalue weighted by atomic mass is 9.70. The molecule has 1 nitrogen and oxygen atoms in total. The number of hydrogen-bond acceptors (Lipinski definition) is 1. The normalized spacial score (nSPS) is 19.6. The molecule has 1 aliphatic carbocycles. The lowest BCUT2D eigenvalue weighted by molar-refractivity contribution is 0.197. The fourth-order valence-corrected chi connectivity index (χ4v) is 2.83. The number of benzene rings is 1. The van der Waals surface area contributed by atoms with Gasteiger partial charge < -0.3 is 5.73 Å². The maximum atomic E-state index is 13.1. The van der Waals surface area contributed by atoms with Crippen LogP contribution in [0.4, 0.5) is 4.39 Å². The summed E-state index contributed by atoms with van der Waals surface area (Å²) in [5, 5.41) is 0. The molecule has 0 bridgehead atoms. The van der Waals surface area contributed by atoms with E-state index in [1.807, 2.05) is 6.07 Å². The Kier molecular flexibility index (Phi) is 3.59. The molecule has 1 aliphatic rings. The van der Waals surface area contributed by atoms with Crippen molar-refractivity contribution in [3.8, 4) is 0 Å². The van der Waals surface area contributed by atoms with Crippen molar-refractivity contribution in [3.05, 3.63) is 35.6 Å². The van der Waals surface area contributed by atoms with Crippen molar-refractivity contribution >= 4 is 0 Å². The largest absolute Gasteiger partial charge is 0.330 e. The summed E-state index contributed by atoms with van der Waals surface area (Å²) in [6.45, 7) is 0.726. The van der Waals surface area contributed by atoms with E-state index in [9.17, 15) is 4.39 Å². The first kappa shape index (κ1) is 11.6. The van der Waals surface area contributed by atoms with Crippen LogP contribution in [0.2, 0.25) is 0 Å². The average Bonchev–Trinajstić information content (AvgIpc) is 2.30. The van der Waals surface area contributed by atoms with E-state index in [2.05, 4.69) is 0 Å². The second-order valence-electron chi connectivity index (χ2n) is 5.07. The zero-order chi connectivity index (χ0) is 11.4. The summed E-state index contributed by atoms with van der Waals surface area (Å²) >= 11 is 0. The first-order chi connectivity index (χ1) is 7.74. The minimum absolute atomic E-state index is 0.138. The van der Waals surface area contributed by atoms with Crippen molar-refractivity contribution in [1.29, 1.82) is 0 Å². The third-order valence-electron chi connectivity index (χ3n) is 3.82. The highest BCUT2D eigenvalue weighted by atomic mass is 19.1. The molecule has 1 aromatic rings. The average molecular weight is 221 g/mol. The first-order valence-corrected chi connectivity index (χ1v) is 6.19. The van der Waals surface area contributed by atoms with Crippen LogP contribution in [0.15, 0.2) is 24.3 Å². The summed E-state index contributed by atoms with van der Waals surface area (Å²) in [4.78, 5) is 0. The molecule has 0 spiro atoms. The molecule has 0 saturated heterocycles. The van der Waals surface area contributed by atoms with Crippen molar-refractivity contribution in [2.45, 2.75) is 38.5 Å². The lowest BCUT2D eigenvalue weighted by Gasteiger charge is -2.36. The monoisotopic (exact) mass is 221 g/mol. The number of nitrogens with two attached hydrogens (primary N) is 1. The van der Waals surface area contributed by atoms with Crippen molar-refractivity contribution in [3.63, 3.8) is 0 Å². The molecule has 1 fully saturated rings. The fraction of sp³-hybridized carbons (Fsp3) is 0.571. The van der Waals surface area contributed by atoms with Gasteiger partial charge in [0.2, 0.25) is 0 Å². The van der Waals surface area contributed by atoms with Gasteiger partial charge in [0.25, 0.3) is 0 Å². The highest BCUT2D eigenvalue weighted by Crippen LogP contribution is 2.38. The molecular formula is C14H20FN. The van der Waals surface area contributed by atoms with Crippen LogP contribution in [0.25, 0.3) is 0 Å². The van der Waals surface area contributed by atoms with E-state index < -0.39 is 0 Å². The first-order valence-electron chi connectivity index (χ1n) is 6.19. The van der Waals surface area contributed by atoms with Gasteiger partial charge in [0, 0.05) is 0 Å². The summed E-state index contributed by atoms with van der Waals surface area (Å²) < 4.78 is 13.1. The Hall–Kier alpha value is -0.890. The number of hydrogen-bond donors (Lipinski definition) is 1. The van der Waals surface area contributed by atoms with Crippen LogP contribution < -0.4 is 5.73 Å². The Morgan fingerprint density at radius 2 is 1.94 bits per heavy atom. The second-order valence-corrected chi connectivity index (χ2v) is 5.07. The summed E-state index contributed by atoms with van der Waals surface area (Å²) in [7, 11) is 0. The van der Waals surface area contributed by atoms with E-state index in [0.29, 0.717) is 0 Å². The van der Waals surface area contributed by atoms with Crippen LogP contribution in [0.3, 0.4) is 0 Å². The van der Waals surface area contributed by atoms with Crippen LogP contribution in [-0.2, 0) is 6.42 Å². The molecule has 0 atom stereocenters. The van der Waals surface area contributed by atoms with E-state index in [0.717, 1.165) is 18.5 Å². The second kappa shape index (κ2) is 4.96. The summed E-state index contributed by atoms with van der Waals surface area (Å²) in [6.07, 6.45) is 7.19. The molecule has 0 heterocycles.